The van der Waals surface area contributed by atoms with Gasteiger partial charge in [-0.1, -0.05) is 18.9 Å². The van der Waals surface area contributed by atoms with Crippen molar-refractivity contribution >= 4 is 12.6 Å². The number of unbranched alkanes of at least 4 members (excludes halogenated alkanes) is 2. The smallest absolute Gasteiger partial charge is 0.131 e. The highest BCUT2D eigenvalue weighted by Crippen LogP contribution is 2.64. The molecule has 0 saturated heterocycles. The van der Waals surface area contributed by atoms with Gasteiger partial charge in [0, 0.05) is 11.8 Å². The van der Waals surface area contributed by atoms with E-state index in [0.29, 0.717) is 23.5 Å². The number of aromatic hydroxyl groups is 1. The van der Waals surface area contributed by atoms with Crippen LogP contribution in [0.2, 0.25) is 0 Å². The van der Waals surface area contributed by atoms with E-state index in [9.17, 15) is 10.2 Å². The minimum atomic E-state index is -0.821. The monoisotopic (exact) mass is 384 g/mol. The summed E-state index contributed by atoms with van der Waals surface area (Å²) in [5.41, 5.74) is 1.87. The van der Waals surface area contributed by atoms with Gasteiger partial charge in [0.2, 0.25) is 0 Å². The van der Waals surface area contributed by atoms with Crippen molar-refractivity contribution in [2.24, 2.45) is 17.3 Å². The predicted octanol–water partition coefficient (Wildman–Crippen LogP) is 5.08. The lowest BCUT2D eigenvalue weighted by molar-refractivity contribution is -0.0648. The summed E-state index contributed by atoms with van der Waals surface area (Å²) >= 11 is 4.26. The highest BCUT2D eigenvalue weighted by molar-refractivity contribution is 7.80. The summed E-state index contributed by atoms with van der Waals surface area (Å²) in [5.74, 6) is 9.69. The van der Waals surface area contributed by atoms with E-state index in [1.807, 2.05) is 12.1 Å². The number of hydrogen-bond donors (Lipinski definition) is 3. The second-order valence-corrected chi connectivity index (χ2v) is 9.58. The molecule has 3 aliphatic rings. The number of thiol groups is 1. The molecule has 0 heterocycles. The predicted molar refractivity (Wildman–Crippen MR) is 113 cm³/mol. The molecule has 0 radical (unpaired) electrons. The van der Waals surface area contributed by atoms with Crippen molar-refractivity contribution in [3.05, 3.63) is 29.3 Å². The molecular weight excluding hydrogens is 352 g/mol. The Morgan fingerprint density at radius 3 is 2.85 bits per heavy atom. The van der Waals surface area contributed by atoms with Crippen LogP contribution in [0.4, 0.5) is 0 Å². The largest absolute Gasteiger partial charge is 0.508 e. The summed E-state index contributed by atoms with van der Waals surface area (Å²) < 4.78 is 0. The summed E-state index contributed by atoms with van der Waals surface area (Å²) in [4.78, 5) is 0. The third kappa shape index (κ3) is 3.19. The van der Waals surface area contributed by atoms with Crippen LogP contribution in [0, 0.1) is 29.1 Å². The first kappa shape index (κ1) is 19.2. The van der Waals surface area contributed by atoms with Gasteiger partial charge in [-0.2, -0.15) is 12.6 Å². The van der Waals surface area contributed by atoms with Crippen LogP contribution in [0.15, 0.2) is 18.2 Å². The van der Waals surface area contributed by atoms with Gasteiger partial charge in [-0.15, -0.1) is 5.92 Å². The van der Waals surface area contributed by atoms with Crippen LogP contribution in [-0.4, -0.2) is 21.6 Å². The van der Waals surface area contributed by atoms with Crippen molar-refractivity contribution in [2.45, 2.75) is 76.2 Å². The Balaban J connectivity index is 1.55. The third-order valence-electron chi connectivity index (χ3n) is 7.87. The van der Waals surface area contributed by atoms with Gasteiger partial charge in [0.05, 0.1) is 0 Å². The van der Waals surface area contributed by atoms with Gasteiger partial charge in [-0.25, -0.2) is 0 Å². The summed E-state index contributed by atoms with van der Waals surface area (Å²) in [7, 11) is 0. The maximum Gasteiger partial charge on any atom is 0.131 e. The van der Waals surface area contributed by atoms with Crippen LogP contribution >= 0.6 is 12.6 Å². The molecule has 0 spiro atoms. The first-order chi connectivity index (χ1) is 13.0. The number of rotatable bonds is 3. The Morgan fingerprint density at radius 2 is 2.04 bits per heavy atom. The number of hydrogen-bond acceptors (Lipinski definition) is 3. The van der Waals surface area contributed by atoms with E-state index < -0.39 is 5.60 Å². The zero-order valence-electron chi connectivity index (χ0n) is 16.4. The quantitative estimate of drug-likeness (QED) is 0.386. The molecule has 0 amide bonds. The first-order valence-electron chi connectivity index (χ1n) is 10.6. The number of fused-ring (bicyclic) bond motifs is 5. The lowest BCUT2D eigenvalue weighted by Gasteiger charge is -2.52. The van der Waals surface area contributed by atoms with E-state index in [1.54, 1.807) is 0 Å². The molecule has 2 saturated carbocycles. The second-order valence-electron chi connectivity index (χ2n) is 9.14. The molecule has 3 heteroatoms. The molecule has 4 rings (SSSR count). The molecule has 27 heavy (non-hydrogen) atoms. The van der Waals surface area contributed by atoms with Crippen molar-refractivity contribution in [1.82, 2.24) is 0 Å². The summed E-state index contributed by atoms with van der Waals surface area (Å²) in [5, 5.41) is 21.3. The highest BCUT2D eigenvalue weighted by atomic mass is 32.1. The fourth-order valence-electron chi connectivity index (χ4n) is 6.32. The molecule has 2 nitrogen and oxygen atoms in total. The topological polar surface area (TPSA) is 40.5 Å². The maximum absolute atomic E-state index is 11.5. The van der Waals surface area contributed by atoms with E-state index >= 15 is 0 Å². The number of benzene rings is 1. The molecule has 3 aliphatic carbocycles. The van der Waals surface area contributed by atoms with Crippen LogP contribution in [0.3, 0.4) is 0 Å². The van der Waals surface area contributed by atoms with E-state index in [4.69, 9.17) is 0 Å². The number of phenolic OH excluding ortho intramolecular Hbond substituents is 1. The first-order valence-corrected chi connectivity index (χ1v) is 11.3. The Hall–Kier alpha value is -1.11. The van der Waals surface area contributed by atoms with E-state index in [1.165, 1.54) is 17.5 Å². The SMILES string of the molecule is C[C@]12CC[C@@H]3c4ccc(O)cc4CC[C@H]3[C@@H]1CC[C@@]2(O)C#CCCCCS. The van der Waals surface area contributed by atoms with Gasteiger partial charge in [-0.05, 0) is 98.1 Å². The van der Waals surface area contributed by atoms with Gasteiger partial charge < -0.3 is 10.2 Å². The highest BCUT2D eigenvalue weighted by Gasteiger charge is 2.61. The summed E-state index contributed by atoms with van der Waals surface area (Å²) in [6, 6.07) is 5.95. The minimum Gasteiger partial charge on any atom is -0.508 e. The van der Waals surface area contributed by atoms with Crippen molar-refractivity contribution in [3.63, 3.8) is 0 Å². The molecule has 0 bridgehead atoms. The zero-order valence-corrected chi connectivity index (χ0v) is 17.3. The molecular formula is C24H32O2S. The average molecular weight is 385 g/mol. The van der Waals surface area contributed by atoms with E-state index in [-0.39, 0.29) is 5.41 Å². The van der Waals surface area contributed by atoms with Crippen molar-refractivity contribution in [1.29, 1.82) is 0 Å². The average Bonchev–Trinajstić information content (AvgIpc) is 2.92. The minimum absolute atomic E-state index is 0.0842. The van der Waals surface area contributed by atoms with Crippen LogP contribution in [0.1, 0.15) is 75.3 Å². The number of aliphatic hydroxyl groups is 1. The lowest BCUT2D eigenvalue weighted by Crippen LogP contribution is -2.50. The van der Waals surface area contributed by atoms with Gasteiger partial charge in [-0.3, -0.25) is 0 Å². The number of phenols is 1. The maximum atomic E-state index is 11.5. The Labute approximate surface area is 169 Å². The summed E-state index contributed by atoms with van der Waals surface area (Å²) in [6.45, 7) is 2.30. The molecule has 1 aromatic carbocycles. The molecule has 1 aromatic rings. The van der Waals surface area contributed by atoms with Crippen LogP contribution < -0.4 is 0 Å². The van der Waals surface area contributed by atoms with Crippen LogP contribution in [0.5, 0.6) is 5.75 Å². The zero-order chi connectivity index (χ0) is 19.1. The van der Waals surface area contributed by atoms with Crippen LogP contribution in [0.25, 0.3) is 0 Å². The van der Waals surface area contributed by atoms with Gasteiger partial charge in [0.1, 0.15) is 11.4 Å². The standard InChI is InChI=1S/C24H32O2S/c1-23-13-10-20-19-9-7-18(25)16-17(19)6-8-21(20)22(23)11-14-24(23,26)12-4-2-3-5-15-27/h7,9,16,20-22,25-27H,2-3,5-6,8,10-11,13-15H2,1H3/t20-,21-,22+,23+,24+/m1/s1. The Bertz CT molecular complexity index is 763. The fraction of sp³-hybridized carbons (Fsp3) is 0.667. The molecule has 0 aromatic heterocycles. The third-order valence-corrected chi connectivity index (χ3v) is 8.18. The molecule has 146 valence electrons. The van der Waals surface area contributed by atoms with Crippen LogP contribution in [-0.2, 0) is 6.42 Å². The van der Waals surface area contributed by atoms with Crippen molar-refractivity contribution in [2.75, 3.05) is 5.75 Å². The Kier molecular flexibility index (Phi) is 5.25. The second kappa shape index (κ2) is 7.37. The number of aryl methyl sites for hydroxylation is 1. The van der Waals surface area contributed by atoms with Crippen molar-refractivity contribution in [3.8, 4) is 17.6 Å². The van der Waals surface area contributed by atoms with E-state index in [0.717, 1.165) is 57.1 Å². The molecule has 0 aliphatic heterocycles. The molecule has 0 unspecified atom stereocenters. The fourth-order valence-corrected chi connectivity index (χ4v) is 6.55. The Morgan fingerprint density at radius 1 is 1.19 bits per heavy atom. The lowest BCUT2D eigenvalue weighted by atomic mass is 9.53. The van der Waals surface area contributed by atoms with Gasteiger partial charge in [0.15, 0.2) is 0 Å². The van der Waals surface area contributed by atoms with Crippen molar-refractivity contribution < 1.29 is 10.2 Å². The summed E-state index contributed by atoms with van der Waals surface area (Å²) in [6.07, 6.45) is 9.33. The van der Waals surface area contributed by atoms with Gasteiger partial charge in [0.25, 0.3) is 0 Å². The van der Waals surface area contributed by atoms with Gasteiger partial charge >= 0.3 is 0 Å². The van der Waals surface area contributed by atoms with E-state index in [2.05, 4.69) is 37.5 Å². The molecule has 2 N–H and O–H groups in total. The normalized spacial score (nSPS) is 36.9. The molecule has 5 atom stereocenters. The molecule has 2 fully saturated rings.